The van der Waals surface area contributed by atoms with Crippen molar-refractivity contribution in [3.05, 3.63) is 34.6 Å². The molecule has 0 spiro atoms. The third kappa shape index (κ3) is 1.74. The fourth-order valence-corrected chi connectivity index (χ4v) is 1.76. The standard InChI is InChI=1S/C9H8ClN5O/c1-5-2-6(10)3-7(9(11)16)8(5)15-4-12-13-14-15/h2-4H,1H3,(H2,11,16). The van der Waals surface area contributed by atoms with E-state index in [1.165, 1.54) is 17.1 Å². The molecule has 82 valence electrons. The molecule has 0 aliphatic carbocycles. The van der Waals surface area contributed by atoms with Crippen LogP contribution in [-0.2, 0) is 0 Å². The number of halogens is 1. The maximum Gasteiger partial charge on any atom is 0.250 e. The molecule has 1 heterocycles. The molecule has 0 bridgehead atoms. The number of primary amides is 1. The highest BCUT2D eigenvalue weighted by Crippen LogP contribution is 2.23. The lowest BCUT2D eigenvalue weighted by atomic mass is 10.1. The number of rotatable bonds is 2. The minimum absolute atomic E-state index is 0.289. The van der Waals surface area contributed by atoms with Crippen LogP contribution in [0.25, 0.3) is 5.69 Å². The van der Waals surface area contributed by atoms with E-state index in [1.54, 1.807) is 13.0 Å². The zero-order valence-corrected chi connectivity index (χ0v) is 9.14. The maximum atomic E-state index is 11.3. The molecule has 2 aromatic rings. The third-order valence-electron chi connectivity index (χ3n) is 2.11. The number of amides is 1. The van der Waals surface area contributed by atoms with Gasteiger partial charge in [-0.15, -0.1) is 5.10 Å². The number of hydrogen-bond acceptors (Lipinski definition) is 4. The van der Waals surface area contributed by atoms with Crippen molar-refractivity contribution in [3.8, 4) is 5.69 Å². The summed E-state index contributed by atoms with van der Waals surface area (Å²) >= 11 is 5.86. The molecule has 1 amide bonds. The van der Waals surface area contributed by atoms with E-state index in [4.69, 9.17) is 17.3 Å². The number of benzene rings is 1. The number of carbonyl (C=O) groups excluding carboxylic acids is 1. The Hall–Kier alpha value is -1.95. The SMILES string of the molecule is Cc1cc(Cl)cc(C(N)=O)c1-n1cnnn1. The lowest BCUT2D eigenvalue weighted by Crippen LogP contribution is -2.16. The van der Waals surface area contributed by atoms with Gasteiger partial charge in [0, 0.05) is 5.02 Å². The number of tetrazole rings is 1. The summed E-state index contributed by atoms with van der Waals surface area (Å²) in [4.78, 5) is 11.3. The van der Waals surface area contributed by atoms with E-state index >= 15 is 0 Å². The molecule has 2 N–H and O–H groups in total. The molecule has 0 saturated heterocycles. The number of hydrogen-bond donors (Lipinski definition) is 1. The number of aromatic nitrogens is 4. The quantitative estimate of drug-likeness (QED) is 0.834. The molecule has 0 radical (unpaired) electrons. The summed E-state index contributed by atoms with van der Waals surface area (Å²) < 4.78 is 1.38. The molecule has 16 heavy (non-hydrogen) atoms. The van der Waals surface area contributed by atoms with Crippen LogP contribution in [-0.4, -0.2) is 26.1 Å². The molecule has 1 aromatic heterocycles. The molecular weight excluding hydrogens is 230 g/mol. The van der Waals surface area contributed by atoms with Gasteiger partial charge < -0.3 is 5.73 Å². The van der Waals surface area contributed by atoms with Crippen LogP contribution in [0.5, 0.6) is 0 Å². The second kappa shape index (κ2) is 3.90. The van der Waals surface area contributed by atoms with E-state index < -0.39 is 5.91 Å². The van der Waals surface area contributed by atoms with Crippen molar-refractivity contribution in [3.63, 3.8) is 0 Å². The van der Waals surface area contributed by atoms with Gasteiger partial charge in [-0.3, -0.25) is 4.79 Å². The zero-order valence-electron chi connectivity index (χ0n) is 8.38. The van der Waals surface area contributed by atoms with Crippen molar-refractivity contribution in [2.24, 2.45) is 5.73 Å². The smallest absolute Gasteiger partial charge is 0.250 e. The first kappa shape index (κ1) is 10.6. The summed E-state index contributed by atoms with van der Waals surface area (Å²) in [5.74, 6) is -0.573. The van der Waals surface area contributed by atoms with Gasteiger partial charge in [0.2, 0.25) is 0 Å². The topological polar surface area (TPSA) is 86.7 Å². The molecular formula is C9H8ClN5O. The fourth-order valence-electron chi connectivity index (χ4n) is 1.49. The van der Waals surface area contributed by atoms with Crippen LogP contribution in [0.15, 0.2) is 18.5 Å². The van der Waals surface area contributed by atoms with Gasteiger partial charge in [0.05, 0.1) is 11.3 Å². The Labute approximate surface area is 96.0 Å². The number of carbonyl (C=O) groups is 1. The first-order chi connectivity index (χ1) is 7.59. The average molecular weight is 238 g/mol. The van der Waals surface area contributed by atoms with Crippen LogP contribution in [0, 0.1) is 6.92 Å². The van der Waals surface area contributed by atoms with Crippen molar-refractivity contribution in [2.45, 2.75) is 6.92 Å². The third-order valence-corrected chi connectivity index (χ3v) is 2.33. The first-order valence-corrected chi connectivity index (χ1v) is 4.80. The van der Waals surface area contributed by atoms with Crippen molar-refractivity contribution >= 4 is 17.5 Å². The molecule has 7 heteroatoms. The first-order valence-electron chi connectivity index (χ1n) is 4.43. The predicted octanol–water partition coefficient (Wildman–Crippen LogP) is 0.723. The van der Waals surface area contributed by atoms with Crippen LogP contribution >= 0.6 is 11.6 Å². The monoisotopic (exact) mass is 237 g/mol. The molecule has 2 rings (SSSR count). The van der Waals surface area contributed by atoms with Gasteiger partial charge in [0.1, 0.15) is 6.33 Å². The zero-order chi connectivity index (χ0) is 11.7. The van der Waals surface area contributed by atoms with Crippen LogP contribution < -0.4 is 5.73 Å². The molecule has 6 nitrogen and oxygen atoms in total. The van der Waals surface area contributed by atoms with Crippen molar-refractivity contribution in [1.82, 2.24) is 20.2 Å². The van der Waals surface area contributed by atoms with E-state index in [0.29, 0.717) is 10.7 Å². The van der Waals surface area contributed by atoms with Gasteiger partial charge in [-0.05, 0) is 35.0 Å². The average Bonchev–Trinajstić information content (AvgIpc) is 2.69. The highest BCUT2D eigenvalue weighted by atomic mass is 35.5. The van der Waals surface area contributed by atoms with Gasteiger partial charge in [-0.2, -0.15) is 4.68 Å². The summed E-state index contributed by atoms with van der Waals surface area (Å²) in [6, 6.07) is 3.21. The number of nitrogens with zero attached hydrogens (tertiary/aromatic N) is 4. The Morgan fingerprint density at radius 3 is 2.81 bits per heavy atom. The van der Waals surface area contributed by atoms with Gasteiger partial charge >= 0.3 is 0 Å². The van der Waals surface area contributed by atoms with Crippen molar-refractivity contribution in [1.29, 1.82) is 0 Å². The fraction of sp³-hybridized carbons (Fsp3) is 0.111. The molecule has 0 unspecified atom stereocenters. The van der Waals surface area contributed by atoms with Crippen molar-refractivity contribution < 1.29 is 4.79 Å². The van der Waals surface area contributed by atoms with Crippen molar-refractivity contribution in [2.75, 3.05) is 0 Å². The summed E-state index contributed by atoms with van der Waals surface area (Å²) in [5, 5.41) is 11.2. The summed E-state index contributed by atoms with van der Waals surface area (Å²) in [7, 11) is 0. The van der Waals surface area contributed by atoms with E-state index in [1.807, 2.05) is 0 Å². The van der Waals surface area contributed by atoms with Gasteiger partial charge in [0.25, 0.3) is 5.91 Å². The second-order valence-electron chi connectivity index (χ2n) is 3.24. The molecule has 1 aromatic carbocycles. The molecule has 0 fully saturated rings. The molecule has 0 aliphatic heterocycles. The Bertz CT molecular complexity index is 537. The molecule has 0 saturated carbocycles. The van der Waals surface area contributed by atoms with E-state index in [0.717, 1.165) is 5.56 Å². The highest BCUT2D eigenvalue weighted by Gasteiger charge is 2.14. The normalized spacial score (nSPS) is 10.4. The summed E-state index contributed by atoms with van der Waals surface area (Å²) in [6.07, 6.45) is 1.39. The van der Waals surface area contributed by atoms with Crippen LogP contribution in [0.1, 0.15) is 15.9 Å². The number of aryl methyl sites for hydroxylation is 1. The minimum atomic E-state index is -0.573. The molecule has 0 aliphatic rings. The second-order valence-corrected chi connectivity index (χ2v) is 3.67. The van der Waals surface area contributed by atoms with Gasteiger partial charge in [-0.1, -0.05) is 11.6 Å². The van der Waals surface area contributed by atoms with E-state index in [-0.39, 0.29) is 5.56 Å². The minimum Gasteiger partial charge on any atom is -0.366 e. The summed E-state index contributed by atoms with van der Waals surface area (Å²) in [5.41, 5.74) is 6.88. The van der Waals surface area contributed by atoms with E-state index in [9.17, 15) is 4.79 Å². The van der Waals surface area contributed by atoms with E-state index in [2.05, 4.69) is 15.5 Å². The summed E-state index contributed by atoms with van der Waals surface area (Å²) in [6.45, 7) is 1.80. The molecule has 0 atom stereocenters. The van der Waals surface area contributed by atoms with Gasteiger partial charge in [0.15, 0.2) is 0 Å². The lowest BCUT2D eigenvalue weighted by Gasteiger charge is -2.09. The lowest BCUT2D eigenvalue weighted by molar-refractivity contribution is 0.1000. The van der Waals surface area contributed by atoms with Crippen LogP contribution in [0.3, 0.4) is 0 Å². The van der Waals surface area contributed by atoms with Crippen LogP contribution in [0.4, 0.5) is 0 Å². The Morgan fingerprint density at radius 2 is 2.25 bits per heavy atom. The number of nitrogens with two attached hydrogens (primary N) is 1. The van der Waals surface area contributed by atoms with Crippen LogP contribution in [0.2, 0.25) is 5.02 Å². The Balaban J connectivity index is 2.72. The predicted molar refractivity (Wildman–Crippen MR) is 57.4 cm³/mol. The maximum absolute atomic E-state index is 11.3. The Kier molecular flexibility index (Phi) is 2.57. The highest BCUT2D eigenvalue weighted by molar-refractivity contribution is 6.31. The van der Waals surface area contributed by atoms with Gasteiger partial charge in [-0.25, -0.2) is 0 Å². The largest absolute Gasteiger partial charge is 0.366 e. The Morgan fingerprint density at radius 1 is 1.50 bits per heavy atom.